The Kier molecular flexibility index (Phi) is 4.13. The molecule has 24 heavy (non-hydrogen) atoms. The molecule has 1 aromatic carbocycles. The van der Waals surface area contributed by atoms with Gasteiger partial charge in [0.1, 0.15) is 23.4 Å². The smallest absolute Gasteiger partial charge is 0.338 e. The van der Waals surface area contributed by atoms with E-state index in [1.807, 2.05) is 27.7 Å². The zero-order valence-corrected chi connectivity index (χ0v) is 14.3. The summed E-state index contributed by atoms with van der Waals surface area (Å²) in [5.41, 5.74) is -0.568. The minimum atomic E-state index is -0.664. The van der Waals surface area contributed by atoms with Crippen molar-refractivity contribution >= 4 is 11.9 Å². The standard InChI is InChI=1S/C18H22O6/c1-17(2,13-9-21-13)23-15(19)11-5-7-12(8-6-11)16(20)24-18(3,4)14-10-22-14/h5-8,13-14H,9-10H2,1-4H3. The molecule has 0 bridgehead atoms. The van der Waals surface area contributed by atoms with E-state index in [2.05, 4.69) is 0 Å². The number of carbonyl (C=O) groups excluding carboxylic acids is 2. The summed E-state index contributed by atoms with van der Waals surface area (Å²) in [6.45, 7) is 8.47. The molecule has 0 spiro atoms. The fourth-order valence-corrected chi connectivity index (χ4v) is 2.37. The molecule has 2 atom stereocenters. The topological polar surface area (TPSA) is 77.7 Å². The number of hydrogen-bond donors (Lipinski definition) is 0. The van der Waals surface area contributed by atoms with Crippen LogP contribution < -0.4 is 0 Å². The molecule has 0 aromatic heterocycles. The van der Waals surface area contributed by atoms with Crippen molar-refractivity contribution in [3.8, 4) is 0 Å². The normalized spacial score (nSPS) is 22.7. The first kappa shape index (κ1) is 16.9. The van der Waals surface area contributed by atoms with Crippen LogP contribution in [0.3, 0.4) is 0 Å². The van der Waals surface area contributed by atoms with E-state index >= 15 is 0 Å². The molecule has 2 fully saturated rings. The molecule has 130 valence electrons. The molecule has 2 aliphatic heterocycles. The monoisotopic (exact) mass is 334 g/mol. The molecule has 2 aliphatic rings. The Balaban J connectivity index is 1.62. The molecule has 0 aliphatic carbocycles. The minimum absolute atomic E-state index is 0.0532. The van der Waals surface area contributed by atoms with E-state index < -0.39 is 23.1 Å². The summed E-state index contributed by atoms with van der Waals surface area (Å²) in [6, 6.07) is 6.24. The molecule has 1 aromatic rings. The van der Waals surface area contributed by atoms with Crippen LogP contribution in [0.4, 0.5) is 0 Å². The van der Waals surface area contributed by atoms with E-state index in [0.717, 1.165) is 0 Å². The first-order valence-electron chi connectivity index (χ1n) is 7.99. The lowest BCUT2D eigenvalue weighted by molar-refractivity contribution is -0.0145. The average Bonchev–Trinajstić information content (AvgIpc) is 3.39. The van der Waals surface area contributed by atoms with Crippen molar-refractivity contribution in [3.05, 3.63) is 35.4 Å². The van der Waals surface area contributed by atoms with Gasteiger partial charge in [-0.2, -0.15) is 0 Å². The summed E-state index contributed by atoms with van der Waals surface area (Å²) >= 11 is 0. The summed E-state index contributed by atoms with van der Waals surface area (Å²) < 4.78 is 21.3. The van der Waals surface area contributed by atoms with Crippen LogP contribution in [-0.4, -0.2) is 48.6 Å². The van der Waals surface area contributed by atoms with Crippen molar-refractivity contribution < 1.29 is 28.5 Å². The third-order valence-corrected chi connectivity index (χ3v) is 4.29. The Labute approximate surface area is 141 Å². The van der Waals surface area contributed by atoms with Crippen LogP contribution in [0.15, 0.2) is 24.3 Å². The van der Waals surface area contributed by atoms with Crippen LogP contribution in [0.25, 0.3) is 0 Å². The van der Waals surface area contributed by atoms with Gasteiger partial charge < -0.3 is 18.9 Å². The second-order valence-electron chi connectivity index (χ2n) is 7.21. The molecule has 3 rings (SSSR count). The van der Waals surface area contributed by atoms with Gasteiger partial charge in [-0.1, -0.05) is 0 Å². The van der Waals surface area contributed by atoms with Crippen molar-refractivity contribution in [2.45, 2.75) is 51.1 Å². The Morgan fingerprint density at radius 1 is 0.833 bits per heavy atom. The van der Waals surface area contributed by atoms with Gasteiger partial charge in [0.05, 0.1) is 24.3 Å². The summed E-state index contributed by atoms with van der Waals surface area (Å²) in [5.74, 6) is -0.885. The number of hydrogen-bond acceptors (Lipinski definition) is 6. The first-order valence-corrected chi connectivity index (χ1v) is 7.99. The lowest BCUT2D eigenvalue weighted by atomic mass is 10.1. The van der Waals surface area contributed by atoms with Crippen LogP contribution in [0.1, 0.15) is 48.4 Å². The summed E-state index contributed by atoms with van der Waals surface area (Å²) in [4.78, 5) is 24.4. The van der Waals surface area contributed by atoms with Gasteiger partial charge in [-0.15, -0.1) is 0 Å². The fraction of sp³-hybridized carbons (Fsp3) is 0.556. The maximum absolute atomic E-state index is 12.2. The van der Waals surface area contributed by atoms with Crippen LogP contribution in [-0.2, 0) is 18.9 Å². The van der Waals surface area contributed by atoms with Gasteiger partial charge in [0.25, 0.3) is 0 Å². The highest BCUT2D eigenvalue weighted by atomic mass is 16.6. The van der Waals surface area contributed by atoms with Gasteiger partial charge >= 0.3 is 11.9 Å². The van der Waals surface area contributed by atoms with E-state index in [9.17, 15) is 9.59 Å². The highest BCUT2D eigenvalue weighted by Gasteiger charge is 2.44. The van der Waals surface area contributed by atoms with Gasteiger partial charge in [0.2, 0.25) is 0 Å². The third kappa shape index (κ3) is 3.76. The molecule has 2 unspecified atom stereocenters. The van der Waals surface area contributed by atoms with Gasteiger partial charge in [0.15, 0.2) is 0 Å². The minimum Gasteiger partial charge on any atom is -0.453 e. The average molecular weight is 334 g/mol. The van der Waals surface area contributed by atoms with Crippen molar-refractivity contribution in [2.75, 3.05) is 13.2 Å². The lowest BCUT2D eigenvalue weighted by Gasteiger charge is -2.23. The zero-order valence-electron chi connectivity index (χ0n) is 14.3. The highest BCUT2D eigenvalue weighted by molar-refractivity contribution is 5.93. The van der Waals surface area contributed by atoms with E-state index in [0.29, 0.717) is 24.3 Å². The molecular formula is C18H22O6. The molecule has 2 saturated heterocycles. The molecule has 0 N–H and O–H groups in total. The van der Waals surface area contributed by atoms with Gasteiger partial charge in [-0.05, 0) is 52.0 Å². The predicted molar refractivity (Wildman–Crippen MR) is 84.9 cm³/mol. The highest BCUT2D eigenvalue weighted by Crippen LogP contribution is 2.29. The van der Waals surface area contributed by atoms with Gasteiger partial charge in [-0.25, -0.2) is 9.59 Å². The Morgan fingerprint density at radius 2 is 1.12 bits per heavy atom. The number of carbonyl (C=O) groups is 2. The van der Waals surface area contributed by atoms with Crippen LogP contribution in [0, 0.1) is 0 Å². The second kappa shape index (κ2) is 5.86. The number of ether oxygens (including phenoxy) is 4. The second-order valence-corrected chi connectivity index (χ2v) is 7.21. The molecule has 6 nitrogen and oxygen atoms in total. The summed E-state index contributed by atoms with van der Waals surface area (Å²) in [5, 5.41) is 0. The number of esters is 2. The van der Waals surface area contributed by atoms with Crippen LogP contribution in [0.2, 0.25) is 0 Å². The van der Waals surface area contributed by atoms with E-state index in [1.165, 1.54) is 0 Å². The maximum Gasteiger partial charge on any atom is 0.338 e. The Bertz CT molecular complexity index is 581. The van der Waals surface area contributed by atoms with Gasteiger partial charge in [-0.3, -0.25) is 0 Å². The zero-order chi connectivity index (χ0) is 17.5. The predicted octanol–water partition coefficient (Wildman–Crippen LogP) is 2.36. The lowest BCUT2D eigenvalue weighted by Crippen LogP contribution is -2.34. The van der Waals surface area contributed by atoms with Crippen molar-refractivity contribution in [1.82, 2.24) is 0 Å². The molecule has 0 amide bonds. The SMILES string of the molecule is CC(C)(OC(=O)c1ccc(C(=O)OC(C)(C)C2CO2)cc1)C1CO1. The quantitative estimate of drug-likeness (QED) is 0.587. The molecule has 6 heteroatoms. The summed E-state index contributed by atoms with van der Waals surface area (Å²) in [7, 11) is 0. The third-order valence-electron chi connectivity index (χ3n) is 4.29. The van der Waals surface area contributed by atoms with E-state index in [-0.39, 0.29) is 12.2 Å². The fourth-order valence-electron chi connectivity index (χ4n) is 2.37. The number of epoxide rings is 2. The van der Waals surface area contributed by atoms with E-state index in [4.69, 9.17) is 18.9 Å². The molecule has 0 radical (unpaired) electrons. The van der Waals surface area contributed by atoms with Gasteiger partial charge in [0, 0.05) is 0 Å². The number of benzene rings is 1. The van der Waals surface area contributed by atoms with E-state index in [1.54, 1.807) is 24.3 Å². The maximum atomic E-state index is 12.2. The van der Waals surface area contributed by atoms with Crippen molar-refractivity contribution in [2.24, 2.45) is 0 Å². The summed E-state index contributed by atoms with van der Waals surface area (Å²) in [6.07, 6.45) is -0.106. The van der Waals surface area contributed by atoms with Crippen molar-refractivity contribution in [1.29, 1.82) is 0 Å². The largest absolute Gasteiger partial charge is 0.453 e. The molecule has 0 saturated carbocycles. The number of rotatable bonds is 6. The first-order chi connectivity index (χ1) is 11.2. The van der Waals surface area contributed by atoms with Crippen LogP contribution in [0.5, 0.6) is 0 Å². The molecular weight excluding hydrogens is 312 g/mol. The van der Waals surface area contributed by atoms with Crippen LogP contribution >= 0.6 is 0 Å². The Morgan fingerprint density at radius 3 is 1.38 bits per heavy atom. The Hall–Kier alpha value is -1.92. The van der Waals surface area contributed by atoms with Crippen molar-refractivity contribution in [3.63, 3.8) is 0 Å². The molecule has 2 heterocycles.